The van der Waals surface area contributed by atoms with Crippen LogP contribution in [0.1, 0.15) is 25.0 Å². The molecule has 49 heavy (non-hydrogen) atoms. The molecule has 0 radical (unpaired) electrons. The lowest BCUT2D eigenvalue weighted by Crippen LogP contribution is -2.15. The van der Waals surface area contributed by atoms with Crippen molar-refractivity contribution in [2.45, 2.75) is 19.3 Å². The van der Waals surface area contributed by atoms with Crippen molar-refractivity contribution >= 4 is 43.5 Å². The predicted octanol–water partition coefficient (Wildman–Crippen LogP) is 13.3. The average Bonchev–Trinajstić information content (AvgIpc) is 3.63. The maximum absolute atomic E-state index is 6.48. The van der Waals surface area contributed by atoms with E-state index < -0.39 is 0 Å². The van der Waals surface area contributed by atoms with Crippen LogP contribution < -0.4 is 4.74 Å². The molecular formula is C47H30O2. The zero-order valence-corrected chi connectivity index (χ0v) is 27.2. The van der Waals surface area contributed by atoms with E-state index in [0.29, 0.717) is 0 Å². The molecule has 8 aromatic carbocycles. The molecule has 0 N–H and O–H groups in total. The van der Waals surface area contributed by atoms with Gasteiger partial charge in [0.1, 0.15) is 22.7 Å². The Morgan fingerprint density at radius 2 is 1.20 bits per heavy atom. The first-order chi connectivity index (χ1) is 24.0. The number of fused-ring (bicyclic) bond motifs is 10. The Bertz CT molecular complexity index is 2880. The minimum absolute atomic E-state index is 0.214. The van der Waals surface area contributed by atoms with Crippen molar-refractivity contribution in [1.82, 2.24) is 0 Å². The van der Waals surface area contributed by atoms with Crippen LogP contribution in [0.15, 0.2) is 150 Å². The Morgan fingerprint density at radius 1 is 0.449 bits per heavy atom. The van der Waals surface area contributed by atoms with Crippen LogP contribution in [0.2, 0.25) is 0 Å². The fourth-order valence-corrected chi connectivity index (χ4v) is 8.82. The number of ether oxygens (including phenoxy) is 1. The molecule has 230 valence electrons. The molecule has 1 aromatic heterocycles. The highest BCUT2D eigenvalue weighted by atomic mass is 16.5. The summed E-state index contributed by atoms with van der Waals surface area (Å²) < 4.78 is 12.9. The third kappa shape index (κ3) is 3.61. The summed E-state index contributed by atoms with van der Waals surface area (Å²) in [4.78, 5) is 0. The Hall–Kier alpha value is -6.12. The predicted molar refractivity (Wildman–Crippen MR) is 203 cm³/mol. The molecule has 2 aliphatic rings. The maximum atomic E-state index is 6.48. The van der Waals surface area contributed by atoms with Gasteiger partial charge in [-0.15, -0.1) is 0 Å². The van der Waals surface area contributed by atoms with E-state index in [2.05, 4.69) is 147 Å². The first kappa shape index (κ1) is 26.9. The smallest absolute Gasteiger partial charge is 0.136 e. The van der Waals surface area contributed by atoms with Crippen molar-refractivity contribution in [2.75, 3.05) is 0 Å². The zero-order chi connectivity index (χ0) is 32.4. The summed E-state index contributed by atoms with van der Waals surface area (Å²) in [6, 6.07) is 52.7. The van der Waals surface area contributed by atoms with Gasteiger partial charge in [-0.2, -0.15) is 0 Å². The second-order valence-electron chi connectivity index (χ2n) is 14.0. The minimum Gasteiger partial charge on any atom is -0.456 e. The van der Waals surface area contributed by atoms with E-state index in [-0.39, 0.29) is 5.41 Å². The highest BCUT2D eigenvalue weighted by Crippen LogP contribution is 2.56. The molecule has 9 aromatic rings. The molecule has 0 saturated heterocycles. The van der Waals surface area contributed by atoms with Crippen LogP contribution in [0.5, 0.6) is 11.5 Å². The fourth-order valence-electron chi connectivity index (χ4n) is 8.82. The molecule has 2 heterocycles. The Kier molecular flexibility index (Phi) is 5.21. The van der Waals surface area contributed by atoms with Gasteiger partial charge in [0.25, 0.3) is 0 Å². The van der Waals surface area contributed by atoms with Gasteiger partial charge in [0.15, 0.2) is 0 Å². The molecule has 11 rings (SSSR count). The van der Waals surface area contributed by atoms with Crippen LogP contribution in [-0.2, 0) is 5.41 Å². The number of para-hydroxylation sites is 2. The number of hydrogen-bond acceptors (Lipinski definition) is 2. The third-order valence-electron chi connectivity index (χ3n) is 11.0. The van der Waals surface area contributed by atoms with Crippen LogP contribution in [0, 0.1) is 0 Å². The van der Waals surface area contributed by atoms with Gasteiger partial charge in [0.2, 0.25) is 0 Å². The largest absolute Gasteiger partial charge is 0.456 e. The van der Waals surface area contributed by atoms with Gasteiger partial charge in [0, 0.05) is 27.1 Å². The summed E-state index contributed by atoms with van der Waals surface area (Å²) >= 11 is 0. The van der Waals surface area contributed by atoms with E-state index in [1.54, 1.807) is 0 Å². The Balaban J connectivity index is 1.22. The number of furan rings is 1. The lowest BCUT2D eigenvalue weighted by atomic mass is 9.78. The third-order valence-corrected chi connectivity index (χ3v) is 11.0. The zero-order valence-electron chi connectivity index (χ0n) is 27.2. The monoisotopic (exact) mass is 626 g/mol. The van der Waals surface area contributed by atoms with Crippen molar-refractivity contribution in [3.05, 3.63) is 157 Å². The van der Waals surface area contributed by atoms with Crippen molar-refractivity contribution in [3.63, 3.8) is 0 Å². The van der Waals surface area contributed by atoms with Gasteiger partial charge in [-0.3, -0.25) is 0 Å². The van der Waals surface area contributed by atoms with Crippen LogP contribution in [0.25, 0.3) is 88.0 Å². The molecule has 1 aliphatic heterocycles. The quantitative estimate of drug-likeness (QED) is 0.190. The number of hydrogen-bond donors (Lipinski definition) is 0. The van der Waals surface area contributed by atoms with E-state index in [4.69, 9.17) is 9.15 Å². The lowest BCUT2D eigenvalue weighted by molar-refractivity contribution is 0.487. The van der Waals surface area contributed by atoms with E-state index in [1.807, 2.05) is 12.1 Å². The van der Waals surface area contributed by atoms with E-state index >= 15 is 0 Å². The summed E-state index contributed by atoms with van der Waals surface area (Å²) in [6.07, 6.45) is 0. The topological polar surface area (TPSA) is 22.4 Å². The van der Waals surface area contributed by atoms with E-state index in [1.165, 1.54) is 60.7 Å². The number of benzene rings is 8. The fraction of sp³-hybridized carbons (Fsp3) is 0.0638. The van der Waals surface area contributed by atoms with Gasteiger partial charge in [-0.25, -0.2) is 0 Å². The molecule has 0 amide bonds. The molecule has 1 aliphatic carbocycles. The molecule has 2 nitrogen and oxygen atoms in total. The van der Waals surface area contributed by atoms with Crippen molar-refractivity contribution in [2.24, 2.45) is 0 Å². The SMILES string of the molecule is CC1(C)c2cc(-c3ccc4c5c(cccc35)-c3ccccc3O4)cc(-c3ccc4c(c3)oc3ccccc34)c2-c2ccc3ccccc3c21. The molecule has 2 heteroatoms. The van der Waals surface area contributed by atoms with Gasteiger partial charge < -0.3 is 9.15 Å². The van der Waals surface area contributed by atoms with Gasteiger partial charge >= 0.3 is 0 Å². The molecule has 0 spiro atoms. The minimum atomic E-state index is -0.214. The standard InChI is InChI=1S/C47H30O2/c1-47(2)39-25-29(30-22-23-42-45-35(30)14-9-15-36(45)33-13-6-8-17-41(33)48-42)24-38(44(39)37-21-18-27-10-3-4-11-31(27)46(37)47)28-19-20-34-32-12-5-7-16-40(32)49-43(34)26-28/h3-26H,1-2H3. The summed E-state index contributed by atoms with van der Waals surface area (Å²) in [5, 5.41) is 7.24. The molecule has 0 fully saturated rings. The molecule has 0 saturated carbocycles. The second kappa shape index (κ2) is 9.49. The first-order valence-corrected chi connectivity index (χ1v) is 17.0. The van der Waals surface area contributed by atoms with Crippen molar-refractivity contribution in [1.29, 1.82) is 0 Å². The van der Waals surface area contributed by atoms with Gasteiger partial charge in [-0.05, 0) is 109 Å². The second-order valence-corrected chi connectivity index (χ2v) is 14.0. The summed E-state index contributed by atoms with van der Waals surface area (Å²) in [5.41, 5.74) is 14.1. The van der Waals surface area contributed by atoms with Crippen molar-refractivity contribution < 1.29 is 9.15 Å². The average molecular weight is 627 g/mol. The molecule has 0 atom stereocenters. The van der Waals surface area contributed by atoms with Gasteiger partial charge in [-0.1, -0.05) is 117 Å². The maximum Gasteiger partial charge on any atom is 0.136 e. The summed E-state index contributed by atoms with van der Waals surface area (Å²) in [5.74, 6) is 1.81. The van der Waals surface area contributed by atoms with Crippen LogP contribution in [0.3, 0.4) is 0 Å². The Labute approximate surface area is 283 Å². The summed E-state index contributed by atoms with van der Waals surface area (Å²) in [6.45, 7) is 4.78. The van der Waals surface area contributed by atoms with E-state index in [0.717, 1.165) is 50.0 Å². The van der Waals surface area contributed by atoms with Crippen LogP contribution in [-0.4, -0.2) is 0 Å². The van der Waals surface area contributed by atoms with Gasteiger partial charge in [0.05, 0.1) is 0 Å². The molecule has 0 bridgehead atoms. The van der Waals surface area contributed by atoms with Crippen molar-refractivity contribution in [3.8, 4) is 56.0 Å². The molecule has 0 unspecified atom stereocenters. The highest BCUT2D eigenvalue weighted by Gasteiger charge is 2.39. The number of rotatable bonds is 2. The highest BCUT2D eigenvalue weighted by molar-refractivity contribution is 6.12. The normalized spacial score (nSPS) is 13.8. The molecular weight excluding hydrogens is 597 g/mol. The summed E-state index contributed by atoms with van der Waals surface area (Å²) in [7, 11) is 0. The van der Waals surface area contributed by atoms with Crippen LogP contribution >= 0.6 is 0 Å². The van der Waals surface area contributed by atoms with E-state index in [9.17, 15) is 0 Å². The Morgan fingerprint density at radius 3 is 2.14 bits per heavy atom. The lowest BCUT2D eigenvalue weighted by Gasteiger charge is -2.25. The first-order valence-electron chi connectivity index (χ1n) is 17.0. The van der Waals surface area contributed by atoms with Crippen LogP contribution in [0.4, 0.5) is 0 Å².